The smallest absolute Gasteiger partial charge is 0.139 e. The van der Waals surface area contributed by atoms with Gasteiger partial charge in [-0.3, -0.25) is 9.88 Å². The van der Waals surface area contributed by atoms with Crippen molar-refractivity contribution in [2.24, 2.45) is 0 Å². The predicted octanol–water partition coefficient (Wildman–Crippen LogP) is 3.39. The maximum Gasteiger partial charge on any atom is 0.139 e. The molecule has 0 spiro atoms. The Morgan fingerprint density at radius 2 is 2.15 bits per heavy atom. The van der Waals surface area contributed by atoms with Gasteiger partial charge in [-0.25, -0.2) is 0 Å². The third-order valence-corrected chi connectivity index (χ3v) is 5.51. The van der Waals surface area contributed by atoms with Crippen LogP contribution in [0.3, 0.4) is 0 Å². The number of rotatable bonds is 4. The quantitative estimate of drug-likeness (QED) is 0.802. The summed E-state index contributed by atoms with van der Waals surface area (Å²) in [7, 11) is 0. The largest absolute Gasteiger partial charge is 0.339 e. The van der Waals surface area contributed by atoms with E-state index < -0.39 is 0 Å². The van der Waals surface area contributed by atoms with Gasteiger partial charge in [0.05, 0.1) is 24.8 Å². The fourth-order valence-corrected chi connectivity index (χ4v) is 3.90. The molecule has 104 valence electrons. The summed E-state index contributed by atoms with van der Waals surface area (Å²) < 4.78 is 0.970. The zero-order chi connectivity index (χ0) is 13.8. The molecule has 0 N–H and O–H groups in total. The number of hydrogen-bond acceptors (Lipinski definition) is 5. The molecule has 3 rings (SSSR count). The zero-order valence-electron chi connectivity index (χ0n) is 10.9. The van der Waals surface area contributed by atoms with E-state index in [1.54, 1.807) is 11.8 Å². The highest BCUT2D eigenvalue weighted by molar-refractivity contribution is 8.22. The molecule has 2 aromatic heterocycles. The number of thiophene rings is 1. The van der Waals surface area contributed by atoms with Gasteiger partial charge in [0.25, 0.3) is 0 Å². The van der Waals surface area contributed by atoms with Crippen molar-refractivity contribution in [2.75, 3.05) is 12.5 Å². The fourth-order valence-electron chi connectivity index (χ4n) is 2.10. The monoisotopic (exact) mass is 321 g/mol. The molecule has 3 heterocycles. The molecule has 1 aliphatic heterocycles. The summed E-state index contributed by atoms with van der Waals surface area (Å²) in [5, 5.41) is 2.13. The Kier molecular flexibility index (Phi) is 4.67. The number of thioether (sulfide) groups is 1. The van der Waals surface area contributed by atoms with Gasteiger partial charge in [-0.05, 0) is 23.6 Å². The lowest BCUT2D eigenvalue weighted by atomic mass is 10.3. The van der Waals surface area contributed by atoms with E-state index in [1.165, 1.54) is 4.88 Å². The highest BCUT2D eigenvalue weighted by Gasteiger charge is 2.22. The van der Waals surface area contributed by atoms with Crippen molar-refractivity contribution in [3.05, 3.63) is 52.5 Å². The number of pyridine rings is 1. The maximum atomic E-state index is 5.46. The molecule has 2 aromatic rings. The van der Waals surface area contributed by atoms with E-state index in [4.69, 9.17) is 12.2 Å². The van der Waals surface area contributed by atoms with Crippen LogP contribution in [-0.4, -0.2) is 31.6 Å². The molecule has 0 aliphatic carbocycles. The van der Waals surface area contributed by atoms with E-state index in [2.05, 4.69) is 32.3 Å². The molecule has 0 aromatic carbocycles. The number of nitrogens with zero attached hydrogens (tertiary/aromatic N) is 3. The van der Waals surface area contributed by atoms with Crippen LogP contribution < -0.4 is 0 Å². The Hall–Kier alpha value is -0.950. The minimum atomic E-state index is 0.785. The van der Waals surface area contributed by atoms with Crippen molar-refractivity contribution in [3.8, 4) is 0 Å². The highest BCUT2D eigenvalue weighted by Crippen LogP contribution is 2.23. The van der Waals surface area contributed by atoms with Gasteiger partial charge in [-0.15, -0.1) is 11.3 Å². The van der Waals surface area contributed by atoms with Crippen molar-refractivity contribution < 1.29 is 0 Å². The molecule has 6 heteroatoms. The van der Waals surface area contributed by atoms with E-state index in [-0.39, 0.29) is 0 Å². The molecule has 1 fully saturated rings. The number of aromatic nitrogens is 1. The van der Waals surface area contributed by atoms with E-state index in [9.17, 15) is 0 Å². The Balaban J connectivity index is 1.63. The second kappa shape index (κ2) is 6.67. The topological polar surface area (TPSA) is 19.4 Å². The molecule has 0 radical (unpaired) electrons. The molecule has 0 amide bonds. The highest BCUT2D eigenvalue weighted by atomic mass is 32.2. The van der Waals surface area contributed by atoms with E-state index in [0.717, 1.165) is 35.6 Å². The van der Waals surface area contributed by atoms with Crippen LogP contribution in [0.25, 0.3) is 0 Å². The third-order valence-electron chi connectivity index (χ3n) is 3.04. The van der Waals surface area contributed by atoms with Gasteiger partial charge in [-0.1, -0.05) is 36.1 Å². The average Bonchev–Trinajstić information content (AvgIpc) is 2.97. The maximum absolute atomic E-state index is 5.46. The molecule has 1 saturated heterocycles. The van der Waals surface area contributed by atoms with Gasteiger partial charge >= 0.3 is 0 Å². The average molecular weight is 321 g/mol. The molecule has 1 aliphatic rings. The van der Waals surface area contributed by atoms with E-state index in [0.29, 0.717) is 0 Å². The summed E-state index contributed by atoms with van der Waals surface area (Å²) in [6.45, 7) is 2.65. The summed E-state index contributed by atoms with van der Waals surface area (Å²) in [5.74, 6) is 0.968. The van der Waals surface area contributed by atoms with Crippen LogP contribution in [0, 0.1) is 0 Å². The normalized spacial score (nSPS) is 16.6. The van der Waals surface area contributed by atoms with Crippen LogP contribution in [0.15, 0.2) is 41.9 Å². The minimum Gasteiger partial charge on any atom is -0.339 e. The second-order valence-corrected chi connectivity index (χ2v) is 7.22. The summed E-state index contributed by atoms with van der Waals surface area (Å²) in [4.78, 5) is 10.4. The Morgan fingerprint density at radius 3 is 2.90 bits per heavy atom. The SMILES string of the molecule is S=C1SCN(Cc2cccs2)CN1Cc1ccccn1. The molecule has 0 atom stereocenters. The van der Waals surface area contributed by atoms with Crippen molar-refractivity contribution in [1.29, 1.82) is 0 Å². The lowest BCUT2D eigenvalue weighted by Gasteiger charge is -2.36. The van der Waals surface area contributed by atoms with Gasteiger partial charge in [0.15, 0.2) is 0 Å². The standard InChI is InChI=1S/C14H15N3S3/c18-14-17(8-12-4-1-2-6-15-12)10-16(11-20-14)9-13-5-3-7-19-13/h1-7H,8-11H2. The first-order valence-corrected chi connectivity index (χ1v) is 8.65. The van der Waals surface area contributed by atoms with Crippen molar-refractivity contribution in [3.63, 3.8) is 0 Å². The first-order chi connectivity index (χ1) is 9.81. The number of hydrogen-bond donors (Lipinski definition) is 0. The lowest BCUT2D eigenvalue weighted by molar-refractivity contribution is 0.201. The summed E-state index contributed by atoms with van der Waals surface area (Å²) >= 11 is 9.01. The molecule has 0 unspecified atom stereocenters. The zero-order valence-corrected chi connectivity index (χ0v) is 13.4. The summed E-state index contributed by atoms with van der Waals surface area (Å²) in [5.41, 5.74) is 1.06. The van der Waals surface area contributed by atoms with Crippen LogP contribution in [0.2, 0.25) is 0 Å². The summed E-state index contributed by atoms with van der Waals surface area (Å²) in [6.07, 6.45) is 1.83. The predicted molar refractivity (Wildman–Crippen MR) is 89.6 cm³/mol. The van der Waals surface area contributed by atoms with Crippen molar-refractivity contribution in [1.82, 2.24) is 14.8 Å². The Bertz CT molecular complexity index is 556. The first kappa shape index (κ1) is 14.0. The summed E-state index contributed by atoms with van der Waals surface area (Å²) in [6, 6.07) is 10.3. The van der Waals surface area contributed by atoms with E-state index >= 15 is 0 Å². The van der Waals surface area contributed by atoms with Crippen molar-refractivity contribution >= 4 is 39.6 Å². The molecular formula is C14H15N3S3. The minimum absolute atomic E-state index is 0.785. The van der Waals surface area contributed by atoms with Crippen LogP contribution in [0.1, 0.15) is 10.6 Å². The lowest BCUT2D eigenvalue weighted by Crippen LogP contribution is -2.43. The molecule has 0 saturated carbocycles. The molecular weight excluding hydrogens is 306 g/mol. The fraction of sp³-hybridized carbons (Fsp3) is 0.286. The van der Waals surface area contributed by atoms with Crippen LogP contribution >= 0.6 is 35.3 Å². The second-order valence-electron chi connectivity index (χ2n) is 4.61. The van der Waals surface area contributed by atoms with Crippen LogP contribution in [0.5, 0.6) is 0 Å². The van der Waals surface area contributed by atoms with Crippen LogP contribution in [-0.2, 0) is 13.1 Å². The van der Waals surface area contributed by atoms with Crippen LogP contribution in [0.4, 0.5) is 0 Å². The molecule has 3 nitrogen and oxygen atoms in total. The van der Waals surface area contributed by atoms with Gasteiger partial charge in [0, 0.05) is 17.6 Å². The Morgan fingerprint density at radius 1 is 1.20 bits per heavy atom. The van der Waals surface area contributed by atoms with Gasteiger partial charge in [0.2, 0.25) is 0 Å². The van der Waals surface area contributed by atoms with Gasteiger partial charge < -0.3 is 4.90 Å². The third kappa shape index (κ3) is 3.58. The number of thiocarbonyl (C=S) groups is 1. The van der Waals surface area contributed by atoms with Crippen molar-refractivity contribution in [2.45, 2.75) is 13.1 Å². The van der Waals surface area contributed by atoms with Gasteiger partial charge in [-0.2, -0.15) is 0 Å². The molecule has 0 bridgehead atoms. The molecule has 20 heavy (non-hydrogen) atoms. The van der Waals surface area contributed by atoms with E-state index in [1.807, 2.05) is 35.7 Å². The first-order valence-electron chi connectivity index (χ1n) is 6.37. The Labute approximate surface area is 132 Å². The van der Waals surface area contributed by atoms with Gasteiger partial charge in [0.1, 0.15) is 4.32 Å².